The SMILES string of the molecule is COC(=O)C1CCCCC1.NC(=O)c1ccccn1. The highest BCUT2D eigenvalue weighted by Gasteiger charge is 2.20. The van der Waals surface area contributed by atoms with E-state index in [2.05, 4.69) is 9.72 Å². The summed E-state index contributed by atoms with van der Waals surface area (Å²) in [6.07, 6.45) is 7.27. The summed E-state index contributed by atoms with van der Waals surface area (Å²) in [6.45, 7) is 0. The number of carbonyl (C=O) groups excluding carboxylic acids is 2. The Morgan fingerprint density at radius 3 is 2.37 bits per heavy atom. The number of nitrogens with zero attached hydrogens (tertiary/aromatic N) is 1. The molecule has 0 radical (unpaired) electrons. The van der Waals surface area contributed by atoms with Crippen molar-refractivity contribution in [2.75, 3.05) is 7.11 Å². The van der Waals surface area contributed by atoms with E-state index in [1.807, 2.05) is 0 Å². The second-order valence-electron chi connectivity index (χ2n) is 4.44. The zero-order chi connectivity index (χ0) is 14.1. The molecule has 1 amide bonds. The highest BCUT2D eigenvalue weighted by atomic mass is 16.5. The van der Waals surface area contributed by atoms with E-state index in [-0.39, 0.29) is 11.9 Å². The van der Waals surface area contributed by atoms with Crippen LogP contribution in [0, 0.1) is 5.92 Å². The highest BCUT2D eigenvalue weighted by molar-refractivity contribution is 5.90. The van der Waals surface area contributed by atoms with Gasteiger partial charge in [0.2, 0.25) is 0 Å². The number of hydrogen-bond acceptors (Lipinski definition) is 4. The predicted octanol–water partition coefficient (Wildman–Crippen LogP) is 1.92. The summed E-state index contributed by atoms with van der Waals surface area (Å²) in [7, 11) is 1.47. The molecule has 2 N–H and O–H groups in total. The Morgan fingerprint density at radius 1 is 1.26 bits per heavy atom. The van der Waals surface area contributed by atoms with Crippen LogP contribution in [0.5, 0.6) is 0 Å². The molecule has 1 saturated carbocycles. The molecule has 5 heteroatoms. The molecule has 1 fully saturated rings. The molecule has 19 heavy (non-hydrogen) atoms. The van der Waals surface area contributed by atoms with Crippen LogP contribution in [0.15, 0.2) is 24.4 Å². The quantitative estimate of drug-likeness (QED) is 0.827. The molecular formula is C14H20N2O3. The number of nitrogens with two attached hydrogens (primary N) is 1. The monoisotopic (exact) mass is 264 g/mol. The van der Waals surface area contributed by atoms with Crippen LogP contribution in [0.4, 0.5) is 0 Å². The van der Waals surface area contributed by atoms with E-state index in [0.717, 1.165) is 12.8 Å². The maximum absolute atomic E-state index is 10.9. The number of pyridine rings is 1. The number of carbonyl (C=O) groups is 2. The van der Waals surface area contributed by atoms with E-state index in [9.17, 15) is 9.59 Å². The van der Waals surface area contributed by atoms with Crippen molar-refractivity contribution in [2.45, 2.75) is 32.1 Å². The lowest BCUT2D eigenvalue weighted by Gasteiger charge is -2.18. The summed E-state index contributed by atoms with van der Waals surface area (Å²) < 4.78 is 4.65. The van der Waals surface area contributed by atoms with Gasteiger partial charge in [-0.25, -0.2) is 0 Å². The number of esters is 1. The van der Waals surface area contributed by atoms with Crippen molar-refractivity contribution in [2.24, 2.45) is 11.7 Å². The van der Waals surface area contributed by atoms with Gasteiger partial charge >= 0.3 is 5.97 Å². The van der Waals surface area contributed by atoms with Gasteiger partial charge in [-0.1, -0.05) is 25.3 Å². The van der Waals surface area contributed by atoms with Crippen LogP contribution in [0.1, 0.15) is 42.6 Å². The van der Waals surface area contributed by atoms with Crippen LogP contribution < -0.4 is 5.73 Å². The summed E-state index contributed by atoms with van der Waals surface area (Å²) in [5.74, 6) is -0.297. The van der Waals surface area contributed by atoms with Gasteiger partial charge in [0.1, 0.15) is 5.69 Å². The average Bonchev–Trinajstić information content (AvgIpc) is 2.49. The van der Waals surface area contributed by atoms with Gasteiger partial charge in [0.15, 0.2) is 0 Å². The van der Waals surface area contributed by atoms with Crippen LogP contribution in [0.3, 0.4) is 0 Å². The predicted molar refractivity (Wildman–Crippen MR) is 71.3 cm³/mol. The number of hydrogen-bond donors (Lipinski definition) is 1. The van der Waals surface area contributed by atoms with Gasteiger partial charge in [-0.15, -0.1) is 0 Å². The summed E-state index contributed by atoms with van der Waals surface area (Å²) in [5.41, 5.74) is 5.22. The van der Waals surface area contributed by atoms with Crippen molar-refractivity contribution in [3.05, 3.63) is 30.1 Å². The minimum absolute atomic E-state index is 0.0142. The van der Waals surface area contributed by atoms with E-state index in [1.165, 1.54) is 32.6 Å². The third kappa shape index (κ3) is 5.50. The van der Waals surface area contributed by atoms with E-state index >= 15 is 0 Å². The number of aromatic nitrogens is 1. The fraction of sp³-hybridized carbons (Fsp3) is 0.500. The molecule has 0 atom stereocenters. The normalized spacial score (nSPS) is 15.0. The first-order valence-electron chi connectivity index (χ1n) is 6.43. The van der Waals surface area contributed by atoms with Gasteiger partial charge in [0, 0.05) is 6.20 Å². The smallest absolute Gasteiger partial charge is 0.308 e. The van der Waals surface area contributed by atoms with Gasteiger partial charge in [0.05, 0.1) is 13.0 Å². The second-order valence-corrected chi connectivity index (χ2v) is 4.44. The van der Waals surface area contributed by atoms with Crippen molar-refractivity contribution < 1.29 is 14.3 Å². The van der Waals surface area contributed by atoms with Crippen molar-refractivity contribution in [1.29, 1.82) is 0 Å². The van der Waals surface area contributed by atoms with Gasteiger partial charge in [0.25, 0.3) is 5.91 Å². The lowest BCUT2D eigenvalue weighted by molar-refractivity contribution is -0.146. The number of rotatable bonds is 2. The summed E-state index contributed by atoms with van der Waals surface area (Å²) in [4.78, 5) is 25.0. The van der Waals surface area contributed by atoms with E-state index in [1.54, 1.807) is 18.2 Å². The minimum Gasteiger partial charge on any atom is -0.469 e. The zero-order valence-corrected chi connectivity index (χ0v) is 11.2. The molecule has 0 unspecified atom stereocenters. The molecule has 1 heterocycles. The van der Waals surface area contributed by atoms with Gasteiger partial charge in [-0.05, 0) is 25.0 Å². The number of primary amides is 1. The minimum atomic E-state index is -0.490. The Kier molecular flexibility index (Phi) is 6.57. The lowest BCUT2D eigenvalue weighted by atomic mass is 9.89. The van der Waals surface area contributed by atoms with Gasteiger partial charge in [-0.3, -0.25) is 14.6 Å². The van der Waals surface area contributed by atoms with E-state index in [0.29, 0.717) is 5.69 Å². The molecule has 1 aliphatic carbocycles. The van der Waals surface area contributed by atoms with Crippen LogP contribution in [0.25, 0.3) is 0 Å². The highest BCUT2D eigenvalue weighted by Crippen LogP contribution is 2.24. The first kappa shape index (κ1) is 15.1. The van der Waals surface area contributed by atoms with E-state index in [4.69, 9.17) is 5.73 Å². The molecule has 0 aromatic carbocycles. The van der Waals surface area contributed by atoms with Gasteiger partial charge in [-0.2, -0.15) is 0 Å². The fourth-order valence-electron chi connectivity index (χ4n) is 2.01. The molecule has 0 aliphatic heterocycles. The standard InChI is InChI=1S/C8H14O2.C6H6N2O/c1-10-8(9)7-5-3-2-4-6-7;7-6(9)5-3-1-2-4-8-5/h7H,2-6H2,1H3;1-4H,(H2,7,9). The second kappa shape index (κ2) is 8.24. The Labute approximate surface area is 113 Å². The van der Waals surface area contributed by atoms with Crippen LogP contribution in [-0.4, -0.2) is 24.0 Å². The summed E-state index contributed by atoms with van der Waals surface area (Å²) in [5, 5.41) is 0. The third-order valence-electron chi connectivity index (χ3n) is 3.06. The number of amides is 1. The van der Waals surface area contributed by atoms with Crippen molar-refractivity contribution in [1.82, 2.24) is 4.98 Å². The van der Waals surface area contributed by atoms with Crippen molar-refractivity contribution in [3.63, 3.8) is 0 Å². The topological polar surface area (TPSA) is 82.3 Å². The molecule has 1 aromatic rings. The molecule has 1 aromatic heterocycles. The summed E-state index contributed by atoms with van der Waals surface area (Å²) >= 11 is 0. The van der Waals surface area contributed by atoms with Crippen molar-refractivity contribution >= 4 is 11.9 Å². The first-order chi connectivity index (χ1) is 9.15. The Hall–Kier alpha value is -1.91. The molecule has 0 saturated heterocycles. The third-order valence-corrected chi connectivity index (χ3v) is 3.06. The molecule has 104 valence electrons. The molecule has 0 bridgehead atoms. The van der Waals surface area contributed by atoms with Crippen LogP contribution in [-0.2, 0) is 9.53 Å². The van der Waals surface area contributed by atoms with Crippen LogP contribution >= 0.6 is 0 Å². The molecular weight excluding hydrogens is 244 g/mol. The maximum Gasteiger partial charge on any atom is 0.308 e. The van der Waals surface area contributed by atoms with Crippen LogP contribution in [0.2, 0.25) is 0 Å². The fourth-order valence-corrected chi connectivity index (χ4v) is 2.01. The molecule has 2 rings (SSSR count). The zero-order valence-electron chi connectivity index (χ0n) is 11.2. The Balaban J connectivity index is 0.000000191. The molecule has 0 spiro atoms. The summed E-state index contributed by atoms with van der Waals surface area (Å²) in [6, 6.07) is 5.02. The molecule has 1 aliphatic rings. The maximum atomic E-state index is 10.9. The van der Waals surface area contributed by atoms with Crippen molar-refractivity contribution in [3.8, 4) is 0 Å². The number of methoxy groups -OCH3 is 1. The Morgan fingerprint density at radius 2 is 1.95 bits per heavy atom. The average molecular weight is 264 g/mol. The Bertz CT molecular complexity index is 400. The molecule has 5 nitrogen and oxygen atoms in total. The largest absolute Gasteiger partial charge is 0.469 e. The number of ether oxygens (including phenoxy) is 1. The first-order valence-corrected chi connectivity index (χ1v) is 6.43. The van der Waals surface area contributed by atoms with E-state index < -0.39 is 5.91 Å². The lowest BCUT2D eigenvalue weighted by Crippen LogP contribution is -2.18. The van der Waals surface area contributed by atoms with Gasteiger partial charge < -0.3 is 10.5 Å².